The van der Waals surface area contributed by atoms with E-state index in [-0.39, 0.29) is 37.5 Å². The van der Waals surface area contributed by atoms with E-state index in [0.717, 1.165) is 89.9 Å². The van der Waals surface area contributed by atoms with Crippen LogP contribution in [0.5, 0.6) is 0 Å². The monoisotopic (exact) mass is 1100 g/mol. The lowest BCUT2D eigenvalue weighted by molar-refractivity contribution is -0.167. The molecule has 0 aromatic rings. The van der Waals surface area contributed by atoms with Crippen LogP contribution in [0.1, 0.15) is 355 Å². The first kappa shape index (κ1) is 75.8. The molecule has 0 N–H and O–H groups in total. The SMILES string of the molecule is CC/C=C\C/C=C\C/C=C\C/C=C\C/C=C\C/C=C\CCCCC(=O)OC(COC(=O)CCCCCCCCCCC)COC(=O)CCCCCCCCCCCCCCCCCCCCCCCCCCCCCCCCC. The molecule has 1 unspecified atom stereocenters. The van der Waals surface area contributed by atoms with Gasteiger partial charge in [-0.25, -0.2) is 0 Å². The van der Waals surface area contributed by atoms with Crippen molar-refractivity contribution in [2.24, 2.45) is 0 Å². The normalized spacial score (nSPS) is 12.5. The van der Waals surface area contributed by atoms with Gasteiger partial charge in [-0.15, -0.1) is 0 Å². The Morgan fingerprint density at radius 2 is 0.494 bits per heavy atom. The van der Waals surface area contributed by atoms with Gasteiger partial charge < -0.3 is 14.2 Å². The Hall–Kier alpha value is -3.15. The first-order chi connectivity index (χ1) is 39.0. The van der Waals surface area contributed by atoms with Crippen LogP contribution in [-0.4, -0.2) is 37.2 Å². The molecule has 6 nitrogen and oxygen atoms in total. The van der Waals surface area contributed by atoms with Crippen molar-refractivity contribution in [2.45, 2.75) is 361 Å². The maximum atomic E-state index is 12.9. The molecule has 0 radical (unpaired) electrons. The van der Waals surface area contributed by atoms with Gasteiger partial charge in [-0.2, -0.15) is 0 Å². The summed E-state index contributed by atoms with van der Waals surface area (Å²) >= 11 is 0. The maximum Gasteiger partial charge on any atom is 0.306 e. The Morgan fingerprint density at radius 3 is 0.772 bits per heavy atom. The Balaban J connectivity index is 4.14. The maximum absolute atomic E-state index is 12.9. The predicted molar refractivity (Wildman–Crippen MR) is 344 cm³/mol. The summed E-state index contributed by atoms with van der Waals surface area (Å²) in [7, 11) is 0. The minimum atomic E-state index is -0.796. The molecule has 6 heteroatoms. The Labute approximate surface area is 491 Å². The second kappa shape index (κ2) is 67.4. The summed E-state index contributed by atoms with van der Waals surface area (Å²) in [6, 6.07) is 0. The van der Waals surface area contributed by atoms with E-state index in [1.54, 1.807) is 0 Å². The van der Waals surface area contributed by atoms with Crippen molar-refractivity contribution < 1.29 is 28.6 Å². The standard InChI is InChI=1S/C73H130O6/c1-4-7-10-13-16-19-21-23-25-27-29-31-32-33-34-35-36-37-38-39-40-42-43-45-47-49-51-54-57-60-63-66-72(75)78-69-70(68-77-71(74)65-62-59-56-53-18-15-12-9-6-3)79-73(76)67-64-61-58-55-52-50-48-46-44-41-30-28-26-24-22-20-17-14-11-8-5-2/h8,11,17,20,24,26,30,41,46,48,52,55,70H,4-7,9-10,12-16,18-19,21-23,25,27-29,31-40,42-45,47,49-51,53-54,56-69H2,1-3H3/b11-8-,20-17-,26-24-,41-30-,48-46-,55-52-. The summed E-state index contributed by atoms with van der Waals surface area (Å²) in [5.74, 6) is -0.920. The first-order valence-corrected chi connectivity index (χ1v) is 34.4. The third-order valence-corrected chi connectivity index (χ3v) is 15.2. The highest BCUT2D eigenvalue weighted by Gasteiger charge is 2.19. The molecule has 0 aromatic carbocycles. The molecule has 0 heterocycles. The molecule has 0 bridgehead atoms. The van der Waals surface area contributed by atoms with Gasteiger partial charge in [0.2, 0.25) is 0 Å². The fourth-order valence-electron chi connectivity index (χ4n) is 10.1. The van der Waals surface area contributed by atoms with Gasteiger partial charge in [0.25, 0.3) is 0 Å². The van der Waals surface area contributed by atoms with E-state index in [2.05, 4.69) is 93.7 Å². The highest BCUT2D eigenvalue weighted by Crippen LogP contribution is 2.18. The van der Waals surface area contributed by atoms with Gasteiger partial charge in [-0.3, -0.25) is 14.4 Å². The van der Waals surface area contributed by atoms with Crippen molar-refractivity contribution in [3.63, 3.8) is 0 Å². The Morgan fingerprint density at radius 1 is 0.266 bits per heavy atom. The topological polar surface area (TPSA) is 78.9 Å². The molecular weight excluding hydrogens is 973 g/mol. The summed E-state index contributed by atoms with van der Waals surface area (Å²) in [6.45, 7) is 6.52. The molecule has 0 saturated carbocycles. The van der Waals surface area contributed by atoms with Crippen LogP contribution in [0.15, 0.2) is 72.9 Å². The molecule has 0 rings (SSSR count). The highest BCUT2D eigenvalue weighted by molar-refractivity contribution is 5.71. The predicted octanol–water partition coefficient (Wildman–Crippen LogP) is 23.7. The van der Waals surface area contributed by atoms with Gasteiger partial charge in [-0.05, 0) is 70.6 Å². The van der Waals surface area contributed by atoms with Gasteiger partial charge >= 0.3 is 17.9 Å². The Kier molecular flexibility index (Phi) is 64.7. The van der Waals surface area contributed by atoms with Crippen molar-refractivity contribution in [3.8, 4) is 0 Å². The third-order valence-electron chi connectivity index (χ3n) is 15.2. The quantitative estimate of drug-likeness (QED) is 0.0261. The second-order valence-corrected chi connectivity index (χ2v) is 23.1. The van der Waals surface area contributed by atoms with Crippen LogP contribution in [0, 0.1) is 0 Å². The molecule has 0 spiro atoms. The van der Waals surface area contributed by atoms with Crippen molar-refractivity contribution in [3.05, 3.63) is 72.9 Å². The van der Waals surface area contributed by atoms with E-state index in [1.807, 2.05) is 0 Å². The smallest absolute Gasteiger partial charge is 0.306 e. The lowest BCUT2D eigenvalue weighted by Crippen LogP contribution is -2.30. The molecule has 79 heavy (non-hydrogen) atoms. The van der Waals surface area contributed by atoms with Crippen LogP contribution < -0.4 is 0 Å². The molecule has 0 saturated heterocycles. The van der Waals surface area contributed by atoms with E-state index >= 15 is 0 Å². The number of esters is 3. The van der Waals surface area contributed by atoms with Crippen LogP contribution in [-0.2, 0) is 28.6 Å². The minimum absolute atomic E-state index is 0.0893. The summed E-state index contributed by atoms with van der Waals surface area (Å²) in [6.07, 6.45) is 88.2. The number of hydrogen-bond acceptors (Lipinski definition) is 6. The first-order valence-electron chi connectivity index (χ1n) is 34.4. The number of unbranched alkanes of at least 4 members (excludes halogenated alkanes) is 40. The van der Waals surface area contributed by atoms with Crippen LogP contribution in [0.3, 0.4) is 0 Å². The summed E-state index contributed by atoms with van der Waals surface area (Å²) in [4.78, 5) is 38.2. The fraction of sp³-hybridized carbons (Fsp3) is 0.795. The van der Waals surface area contributed by atoms with Crippen molar-refractivity contribution in [1.82, 2.24) is 0 Å². The zero-order valence-corrected chi connectivity index (χ0v) is 52.6. The third kappa shape index (κ3) is 65.5. The minimum Gasteiger partial charge on any atom is -0.462 e. The summed E-state index contributed by atoms with van der Waals surface area (Å²) in [5.41, 5.74) is 0. The van der Waals surface area contributed by atoms with E-state index in [9.17, 15) is 14.4 Å². The molecule has 0 amide bonds. The number of carbonyl (C=O) groups excluding carboxylic acids is 3. The van der Waals surface area contributed by atoms with E-state index in [0.29, 0.717) is 19.3 Å². The zero-order chi connectivity index (χ0) is 57.1. The number of hydrogen-bond donors (Lipinski definition) is 0. The lowest BCUT2D eigenvalue weighted by atomic mass is 10.0. The fourth-order valence-corrected chi connectivity index (χ4v) is 10.1. The average Bonchev–Trinajstić information content (AvgIpc) is 3.45. The van der Waals surface area contributed by atoms with Crippen molar-refractivity contribution >= 4 is 17.9 Å². The average molecular weight is 1100 g/mol. The van der Waals surface area contributed by atoms with E-state index in [1.165, 1.54) is 218 Å². The number of allylic oxidation sites excluding steroid dienone is 12. The zero-order valence-electron chi connectivity index (χ0n) is 52.6. The van der Waals surface area contributed by atoms with Crippen LogP contribution in [0.4, 0.5) is 0 Å². The number of carbonyl (C=O) groups is 3. The van der Waals surface area contributed by atoms with Crippen LogP contribution in [0.25, 0.3) is 0 Å². The molecule has 0 aliphatic carbocycles. The summed E-state index contributed by atoms with van der Waals surface area (Å²) < 4.78 is 16.9. The molecule has 0 fully saturated rings. The highest BCUT2D eigenvalue weighted by atomic mass is 16.6. The molecule has 458 valence electrons. The van der Waals surface area contributed by atoms with Gasteiger partial charge in [0.15, 0.2) is 6.10 Å². The van der Waals surface area contributed by atoms with Crippen LogP contribution in [0.2, 0.25) is 0 Å². The molecule has 0 aliphatic heterocycles. The number of rotatable bonds is 63. The van der Waals surface area contributed by atoms with Gasteiger partial charge in [0.05, 0.1) is 0 Å². The molecule has 0 aromatic heterocycles. The second-order valence-electron chi connectivity index (χ2n) is 23.1. The van der Waals surface area contributed by atoms with Gasteiger partial charge in [-0.1, -0.05) is 338 Å². The van der Waals surface area contributed by atoms with E-state index in [4.69, 9.17) is 14.2 Å². The van der Waals surface area contributed by atoms with Gasteiger partial charge in [0.1, 0.15) is 13.2 Å². The molecule has 1 atom stereocenters. The molecular formula is C73H130O6. The van der Waals surface area contributed by atoms with Crippen LogP contribution >= 0.6 is 0 Å². The van der Waals surface area contributed by atoms with Gasteiger partial charge in [0, 0.05) is 19.3 Å². The summed E-state index contributed by atoms with van der Waals surface area (Å²) in [5, 5.41) is 0. The number of ether oxygens (including phenoxy) is 3. The van der Waals surface area contributed by atoms with E-state index < -0.39 is 6.10 Å². The lowest BCUT2D eigenvalue weighted by Gasteiger charge is -2.18. The van der Waals surface area contributed by atoms with Crippen molar-refractivity contribution in [1.29, 1.82) is 0 Å². The van der Waals surface area contributed by atoms with Crippen molar-refractivity contribution in [2.75, 3.05) is 13.2 Å². The molecule has 0 aliphatic rings. The largest absolute Gasteiger partial charge is 0.462 e. The Bertz CT molecular complexity index is 1450.